The van der Waals surface area contributed by atoms with Crippen LogP contribution in [0.2, 0.25) is 19.1 Å². The van der Waals surface area contributed by atoms with Crippen molar-refractivity contribution in [1.29, 1.82) is 0 Å². The third-order valence-electron chi connectivity index (χ3n) is 1.59. The smallest absolute Gasteiger partial charge is 0.292 e. The topological polar surface area (TPSA) is 26.3 Å². The lowest BCUT2D eigenvalue weighted by molar-refractivity contribution is -0.134. The molecule has 12 heavy (non-hydrogen) atoms. The Bertz CT molecular complexity index is 148. The first-order chi connectivity index (χ1) is 5.52. The van der Waals surface area contributed by atoms with Crippen LogP contribution >= 0.6 is 11.6 Å². The van der Waals surface area contributed by atoms with E-state index in [1.54, 1.807) is 0 Å². The summed E-state index contributed by atoms with van der Waals surface area (Å²) in [6, 6.07) is 0.961. The third kappa shape index (κ3) is 5.60. The fourth-order valence-electron chi connectivity index (χ4n) is 0.924. The van der Waals surface area contributed by atoms with E-state index in [1.165, 1.54) is 0 Å². The van der Waals surface area contributed by atoms with E-state index >= 15 is 0 Å². The quantitative estimate of drug-likeness (QED) is 0.513. The van der Waals surface area contributed by atoms with Crippen molar-refractivity contribution < 1.29 is 9.22 Å². The SMILES string of the molecule is CCC(=O)O[Si](C)(C)CCCCl. The van der Waals surface area contributed by atoms with Gasteiger partial charge in [0.2, 0.25) is 8.32 Å². The Morgan fingerprint density at radius 1 is 1.50 bits per heavy atom. The van der Waals surface area contributed by atoms with Crippen molar-refractivity contribution in [2.24, 2.45) is 0 Å². The van der Waals surface area contributed by atoms with Gasteiger partial charge in [-0.1, -0.05) is 6.92 Å². The van der Waals surface area contributed by atoms with E-state index in [2.05, 4.69) is 0 Å². The van der Waals surface area contributed by atoms with Crippen molar-refractivity contribution in [1.82, 2.24) is 0 Å². The summed E-state index contributed by atoms with van der Waals surface area (Å²) in [6.07, 6.45) is 1.41. The van der Waals surface area contributed by atoms with Crippen molar-refractivity contribution in [3.8, 4) is 0 Å². The minimum absolute atomic E-state index is 0.0822. The zero-order valence-corrected chi connectivity index (χ0v) is 9.78. The molecule has 0 heterocycles. The van der Waals surface area contributed by atoms with Gasteiger partial charge in [0, 0.05) is 12.3 Å². The molecule has 0 saturated carbocycles. The van der Waals surface area contributed by atoms with Gasteiger partial charge < -0.3 is 4.43 Å². The second-order valence-corrected chi connectivity index (χ2v) is 7.98. The van der Waals surface area contributed by atoms with Crippen LogP contribution in [0.1, 0.15) is 19.8 Å². The number of carbonyl (C=O) groups is 1. The predicted octanol–water partition coefficient (Wildman–Crippen LogP) is 2.77. The third-order valence-corrected chi connectivity index (χ3v) is 4.20. The van der Waals surface area contributed by atoms with E-state index in [4.69, 9.17) is 16.0 Å². The maximum atomic E-state index is 11.0. The van der Waals surface area contributed by atoms with Gasteiger partial charge in [0.15, 0.2) is 0 Å². The maximum Gasteiger partial charge on any atom is 0.292 e. The molecular weight excluding hydrogens is 192 g/mol. The molecular formula is C8H17ClO2Si. The van der Waals surface area contributed by atoms with Crippen LogP contribution in [-0.4, -0.2) is 20.2 Å². The first kappa shape index (κ1) is 12.0. The second kappa shape index (κ2) is 5.59. The second-order valence-electron chi connectivity index (χ2n) is 3.38. The normalized spacial score (nSPS) is 11.3. The number of rotatable bonds is 5. The summed E-state index contributed by atoms with van der Waals surface area (Å²) in [7, 11) is -1.74. The van der Waals surface area contributed by atoms with Crippen molar-refractivity contribution in [2.75, 3.05) is 5.88 Å². The van der Waals surface area contributed by atoms with E-state index in [1.807, 2.05) is 20.0 Å². The van der Waals surface area contributed by atoms with Gasteiger partial charge in [-0.15, -0.1) is 11.6 Å². The fourth-order valence-corrected chi connectivity index (χ4v) is 3.17. The summed E-state index contributed by atoms with van der Waals surface area (Å²) in [5.41, 5.74) is 0. The Morgan fingerprint density at radius 3 is 2.50 bits per heavy atom. The van der Waals surface area contributed by atoms with Crippen LogP contribution in [-0.2, 0) is 9.22 Å². The lowest BCUT2D eigenvalue weighted by Crippen LogP contribution is -2.33. The summed E-state index contributed by atoms with van der Waals surface area (Å²) >= 11 is 5.56. The first-order valence-electron chi connectivity index (χ1n) is 4.29. The molecule has 0 amide bonds. The van der Waals surface area contributed by atoms with Crippen molar-refractivity contribution >= 4 is 25.9 Å². The number of alkyl halides is 1. The summed E-state index contributed by atoms with van der Waals surface area (Å²) in [4.78, 5) is 11.0. The molecule has 72 valence electrons. The first-order valence-corrected chi connectivity index (χ1v) is 7.94. The van der Waals surface area contributed by atoms with Crippen molar-refractivity contribution in [3.05, 3.63) is 0 Å². The van der Waals surface area contributed by atoms with Crippen LogP contribution in [0.25, 0.3) is 0 Å². The summed E-state index contributed by atoms with van der Waals surface area (Å²) in [5.74, 6) is 0.571. The Kier molecular flexibility index (Phi) is 5.58. The summed E-state index contributed by atoms with van der Waals surface area (Å²) < 4.78 is 5.33. The molecule has 0 fully saturated rings. The van der Waals surface area contributed by atoms with Crippen LogP contribution in [0, 0.1) is 0 Å². The molecule has 0 aromatic heterocycles. The van der Waals surface area contributed by atoms with Crippen LogP contribution < -0.4 is 0 Å². The van der Waals surface area contributed by atoms with Gasteiger partial charge in [0.1, 0.15) is 0 Å². The number of carbonyl (C=O) groups excluding carboxylic acids is 1. The lowest BCUT2D eigenvalue weighted by Gasteiger charge is -2.21. The van der Waals surface area contributed by atoms with Gasteiger partial charge in [0.05, 0.1) is 0 Å². The largest absolute Gasteiger partial charge is 0.520 e. The average molecular weight is 209 g/mol. The molecule has 0 unspecified atom stereocenters. The molecule has 0 aliphatic heterocycles. The molecule has 0 aliphatic rings. The Hall–Kier alpha value is -0.0231. The highest BCUT2D eigenvalue weighted by Gasteiger charge is 2.25. The van der Waals surface area contributed by atoms with Gasteiger partial charge in [-0.25, -0.2) is 0 Å². The molecule has 0 spiro atoms. The van der Waals surface area contributed by atoms with Gasteiger partial charge in [0.25, 0.3) is 5.97 Å². The zero-order valence-electron chi connectivity index (χ0n) is 8.02. The van der Waals surface area contributed by atoms with Gasteiger partial charge in [-0.3, -0.25) is 4.79 Å². The van der Waals surface area contributed by atoms with Gasteiger partial charge in [-0.05, 0) is 25.6 Å². The van der Waals surface area contributed by atoms with E-state index in [0.717, 1.165) is 12.5 Å². The Labute approximate surface area is 80.4 Å². The highest BCUT2D eigenvalue weighted by molar-refractivity contribution is 6.72. The monoisotopic (exact) mass is 208 g/mol. The molecule has 2 nitrogen and oxygen atoms in total. The van der Waals surface area contributed by atoms with Crippen LogP contribution in [0.4, 0.5) is 0 Å². The molecule has 0 atom stereocenters. The molecule has 0 aromatic rings. The Morgan fingerprint density at radius 2 is 2.08 bits per heavy atom. The molecule has 4 heteroatoms. The van der Waals surface area contributed by atoms with E-state index in [0.29, 0.717) is 12.3 Å². The highest BCUT2D eigenvalue weighted by Crippen LogP contribution is 2.14. The highest BCUT2D eigenvalue weighted by atomic mass is 35.5. The van der Waals surface area contributed by atoms with Crippen molar-refractivity contribution in [2.45, 2.75) is 38.9 Å². The van der Waals surface area contributed by atoms with E-state index < -0.39 is 8.32 Å². The van der Waals surface area contributed by atoms with Gasteiger partial charge >= 0.3 is 0 Å². The maximum absolute atomic E-state index is 11.0. The van der Waals surface area contributed by atoms with Crippen LogP contribution in [0.15, 0.2) is 0 Å². The molecule has 0 rings (SSSR count). The van der Waals surface area contributed by atoms with Crippen LogP contribution in [0.5, 0.6) is 0 Å². The number of halogens is 1. The zero-order chi connectivity index (χ0) is 9.61. The average Bonchev–Trinajstić information content (AvgIpc) is 2.00. The Balaban J connectivity index is 3.77. The van der Waals surface area contributed by atoms with E-state index in [-0.39, 0.29) is 5.97 Å². The van der Waals surface area contributed by atoms with Crippen molar-refractivity contribution in [3.63, 3.8) is 0 Å². The fraction of sp³-hybridized carbons (Fsp3) is 0.875. The minimum Gasteiger partial charge on any atom is -0.520 e. The molecule has 0 aliphatic carbocycles. The van der Waals surface area contributed by atoms with Crippen LogP contribution in [0.3, 0.4) is 0 Å². The molecule has 0 bridgehead atoms. The van der Waals surface area contributed by atoms with E-state index in [9.17, 15) is 4.79 Å². The molecule has 0 N–H and O–H groups in total. The van der Waals surface area contributed by atoms with Gasteiger partial charge in [-0.2, -0.15) is 0 Å². The molecule has 0 saturated heterocycles. The number of hydrogen-bond acceptors (Lipinski definition) is 2. The number of hydrogen-bond donors (Lipinski definition) is 0. The standard InChI is InChI=1S/C8H17ClO2Si/c1-4-8(10)11-12(2,3)7-5-6-9/h4-7H2,1-3H3. The lowest BCUT2D eigenvalue weighted by atomic mass is 10.5. The molecule has 0 radical (unpaired) electrons. The predicted molar refractivity (Wildman–Crippen MR) is 54.0 cm³/mol. The molecule has 0 aromatic carbocycles. The summed E-state index contributed by atoms with van der Waals surface area (Å²) in [6.45, 7) is 5.91. The summed E-state index contributed by atoms with van der Waals surface area (Å²) in [5, 5.41) is 0. The minimum atomic E-state index is -1.74.